The van der Waals surface area contributed by atoms with Gasteiger partial charge in [0.05, 0.1) is 13.2 Å². The standard InChI is InChI=1S/C29H36N4O3S/c1-22(31-29(35)28(34)30-15-14-23-10-12-25(36-2)13-11-23)27(26-9-6-20-37-26)33-18-16-32(17-19-33)21-24-7-4-3-5-8-24/h3-13,20,22,27H,14-19,21H2,1-2H3,(H,30,34)(H,31,35). The molecule has 7 nitrogen and oxygen atoms in total. The van der Waals surface area contributed by atoms with Crippen LogP contribution >= 0.6 is 11.3 Å². The molecule has 196 valence electrons. The largest absolute Gasteiger partial charge is 0.497 e. The predicted octanol–water partition coefficient (Wildman–Crippen LogP) is 3.48. The van der Waals surface area contributed by atoms with Crippen LogP contribution in [0.4, 0.5) is 0 Å². The van der Waals surface area contributed by atoms with Crippen LogP contribution in [0.1, 0.15) is 29.0 Å². The van der Waals surface area contributed by atoms with Gasteiger partial charge in [-0.15, -0.1) is 11.3 Å². The first-order chi connectivity index (χ1) is 18.0. The minimum Gasteiger partial charge on any atom is -0.497 e. The molecule has 8 heteroatoms. The number of piperazine rings is 1. The Kier molecular flexibility index (Phi) is 9.71. The molecule has 0 spiro atoms. The molecule has 4 rings (SSSR count). The molecule has 2 atom stereocenters. The summed E-state index contributed by atoms with van der Waals surface area (Å²) in [7, 11) is 1.63. The highest BCUT2D eigenvalue weighted by atomic mass is 32.1. The summed E-state index contributed by atoms with van der Waals surface area (Å²) in [6.45, 7) is 7.06. The van der Waals surface area contributed by atoms with Crippen molar-refractivity contribution in [1.82, 2.24) is 20.4 Å². The number of thiophene rings is 1. The van der Waals surface area contributed by atoms with Crippen molar-refractivity contribution in [1.29, 1.82) is 0 Å². The van der Waals surface area contributed by atoms with E-state index in [2.05, 4.69) is 56.1 Å². The maximum atomic E-state index is 12.7. The molecule has 37 heavy (non-hydrogen) atoms. The molecule has 0 radical (unpaired) electrons. The number of carbonyl (C=O) groups is 2. The average molecular weight is 521 g/mol. The molecule has 0 saturated carbocycles. The van der Waals surface area contributed by atoms with E-state index in [4.69, 9.17) is 4.74 Å². The number of rotatable bonds is 10. The molecular formula is C29H36N4O3S. The van der Waals surface area contributed by atoms with Gasteiger partial charge in [0.15, 0.2) is 0 Å². The molecule has 1 fully saturated rings. The number of nitrogens with zero attached hydrogens (tertiary/aromatic N) is 2. The van der Waals surface area contributed by atoms with Gasteiger partial charge in [0.1, 0.15) is 5.75 Å². The van der Waals surface area contributed by atoms with Gasteiger partial charge in [-0.25, -0.2) is 0 Å². The van der Waals surface area contributed by atoms with Crippen molar-refractivity contribution < 1.29 is 14.3 Å². The highest BCUT2D eigenvalue weighted by Crippen LogP contribution is 2.29. The molecule has 2 aromatic carbocycles. The van der Waals surface area contributed by atoms with Crippen LogP contribution < -0.4 is 15.4 Å². The Labute approximate surface area is 223 Å². The summed E-state index contributed by atoms with van der Waals surface area (Å²) in [4.78, 5) is 31.3. The first-order valence-electron chi connectivity index (χ1n) is 12.8. The van der Waals surface area contributed by atoms with Gasteiger partial charge >= 0.3 is 11.8 Å². The van der Waals surface area contributed by atoms with Gasteiger partial charge in [-0.1, -0.05) is 48.5 Å². The Bertz CT molecular complexity index is 1110. The fraction of sp³-hybridized carbons (Fsp3) is 0.379. The Balaban J connectivity index is 1.28. The lowest BCUT2D eigenvalue weighted by atomic mass is 10.0. The lowest BCUT2D eigenvalue weighted by molar-refractivity contribution is -0.139. The third kappa shape index (κ3) is 7.64. The quantitative estimate of drug-likeness (QED) is 0.401. The van der Waals surface area contributed by atoms with Crippen molar-refractivity contribution in [3.05, 3.63) is 88.1 Å². The molecule has 2 unspecified atom stereocenters. The zero-order valence-electron chi connectivity index (χ0n) is 21.6. The lowest BCUT2D eigenvalue weighted by Crippen LogP contribution is -2.53. The molecule has 1 aliphatic rings. The van der Waals surface area contributed by atoms with E-state index in [1.807, 2.05) is 43.3 Å². The van der Waals surface area contributed by atoms with Crippen molar-refractivity contribution in [2.24, 2.45) is 0 Å². The Morgan fingerprint density at radius 1 is 0.919 bits per heavy atom. The summed E-state index contributed by atoms with van der Waals surface area (Å²) < 4.78 is 5.17. The van der Waals surface area contributed by atoms with E-state index < -0.39 is 11.8 Å². The van der Waals surface area contributed by atoms with Gasteiger partial charge < -0.3 is 15.4 Å². The molecule has 1 saturated heterocycles. The summed E-state index contributed by atoms with van der Waals surface area (Å²) in [5, 5.41) is 7.78. The second-order valence-corrected chi connectivity index (χ2v) is 10.4. The highest BCUT2D eigenvalue weighted by Gasteiger charge is 2.31. The summed E-state index contributed by atoms with van der Waals surface area (Å²) in [6, 6.07) is 22.2. The number of benzene rings is 2. The van der Waals surface area contributed by atoms with Crippen molar-refractivity contribution >= 4 is 23.2 Å². The topological polar surface area (TPSA) is 73.9 Å². The summed E-state index contributed by atoms with van der Waals surface area (Å²) >= 11 is 1.69. The SMILES string of the molecule is COc1ccc(CCNC(=O)C(=O)NC(C)C(c2cccs2)N2CCN(Cc3ccccc3)CC2)cc1. The molecule has 3 aromatic rings. The van der Waals surface area contributed by atoms with Crippen LogP contribution in [0.3, 0.4) is 0 Å². The number of ether oxygens (including phenoxy) is 1. The van der Waals surface area contributed by atoms with Crippen LogP contribution in [0.2, 0.25) is 0 Å². The second-order valence-electron chi connectivity index (χ2n) is 9.37. The van der Waals surface area contributed by atoms with Crippen molar-refractivity contribution in [2.75, 3.05) is 39.8 Å². The minimum absolute atomic E-state index is 0.0231. The summed E-state index contributed by atoms with van der Waals surface area (Å²) in [5.41, 5.74) is 2.39. The molecular weight excluding hydrogens is 484 g/mol. The third-order valence-corrected chi connectivity index (χ3v) is 7.72. The normalized spacial score (nSPS) is 16.1. The number of carbonyl (C=O) groups excluding carboxylic acids is 2. The zero-order chi connectivity index (χ0) is 26.0. The van der Waals surface area contributed by atoms with Crippen LogP contribution in [-0.4, -0.2) is 67.5 Å². The number of amides is 2. The van der Waals surface area contributed by atoms with E-state index in [-0.39, 0.29) is 12.1 Å². The summed E-state index contributed by atoms with van der Waals surface area (Å²) in [5.74, 6) is -0.400. The number of methoxy groups -OCH3 is 1. The van der Waals surface area contributed by atoms with Gasteiger partial charge in [0.2, 0.25) is 0 Å². The molecule has 2 N–H and O–H groups in total. The Morgan fingerprint density at radius 3 is 2.30 bits per heavy atom. The monoisotopic (exact) mass is 520 g/mol. The van der Waals surface area contributed by atoms with E-state index in [0.29, 0.717) is 13.0 Å². The molecule has 0 bridgehead atoms. The first kappa shape index (κ1) is 26.9. The number of hydrogen-bond donors (Lipinski definition) is 2. The highest BCUT2D eigenvalue weighted by molar-refractivity contribution is 7.10. The van der Waals surface area contributed by atoms with E-state index in [1.165, 1.54) is 10.4 Å². The van der Waals surface area contributed by atoms with E-state index in [9.17, 15) is 9.59 Å². The maximum absolute atomic E-state index is 12.7. The van der Waals surface area contributed by atoms with Gasteiger partial charge in [0, 0.05) is 50.2 Å². The van der Waals surface area contributed by atoms with Gasteiger partial charge in [0.25, 0.3) is 0 Å². The molecule has 2 heterocycles. The number of nitrogens with one attached hydrogen (secondary N) is 2. The van der Waals surface area contributed by atoms with E-state index in [0.717, 1.165) is 44.0 Å². The smallest absolute Gasteiger partial charge is 0.309 e. The average Bonchev–Trinajstić information content (AvgIpc) is 3.45. The Hall–Kier alpha value is -3.20. The van der Waals surface area contributed by atoms with Gasteiger partial charge in [-0.2, -0.15) is 0 Å². The molecule has 1 aromatic heterocycles. The Morgan fingerprint density at radius 2 is 1.65 bits per heavy atom. The van der Waals surface area contributed by atoms with Crippen LogP contribution in [0.15, 0.2) is 72.1 Å². The molecule has 0 aliphatic carbocycles. The third-order valence-electron chi connectivity index (χ3n) is 6.78. The maximum Gasteiger partial charge on any atom is 0.309 e. The van der Waals surface area contributed by atoms with Gasteiger partial charge in [-0.05, 0) is 48.1 Å². The lowest BCUT2D eigenvalue weighted by Gasteiger charge is -2.41. The van der Waals surface area contributed by atoms with Gasteiger partial charge in [-0.3, -0.25) is 19.4 Å². The minimum atomic E-state index is -0.599. The first-order valence-corrected chi connectivity index (χ1v) is 13.7. The predicted molar refractivity (Wildman–Crippen MR) is 148 cm³/mol. The van der Waals surface area contributed by atoms with Crippen LogP contribution in [0.25, 0.3) is 0 Å². The van der Waals surface area contributed by atoms with Crippen molar-refractivity contribution in [2.45, 2.75) is 32.0 Å². The fourth-order valence-corrected chi connectivity index (χ4v) is 5.75. The van der Waals surface area contributed by atoms with Crippen molar-refractivity contribution in [3.63, 3.8) is 0 Å². The van der Waals surface area contributed by atoms with E-state index >= 15 is 0 Å². The van der Waals surface area contributed by atoms with Crippen LogP contribution in [0, 0.1) is 0 Å². The molecule has 2 amide bonds. The van der Waals surface area contributed by atoms with Crippen molar-refractivity contribution in [3.8, 4) is 5.75 Å². The zero-order valence-corrected chi connectivity index (χ0v) is 22.4. The summed E-state index contributed by atoms with van der Waals surface area (Å²) in [6.07, 6.45) is 0.643. The van der Waals surface area contributed by atoms with E-state index in [1.54, 1.807) is 18.4 Å². The van der Waals surface area contributed by atoms with Crippen LogP contribution in [-0.2, 0) is 22.6 Å². The molecule has 1 aliphatic heterocycles. The second kappa shape index (κ2) is 13.4. The fourth-order valence-electron chi connectivity index (χ4n) is 4.79. The number of hydrogen-bond acceptors (Lipinski definition) is 6. The van der Waals surface area contributed by atoms with Crippen LogP contribution in [0.5, 0.6) is 5.75 Å².